The molecule has 1 aliphatic carbocycles. The molecular formula is C14H21NO. The van der Waals surface area contributed by atoms with Crippen molar-refractivity contribution in [1.82, 2.24) is 5.32 Å². The summed E-state index contributed by atoms with van der Waals surface area (Å²) < 4.78 is 5.56. The van der Waals surface area contributed by atoms with Gasteiger partial charge in [-0.15, -0.1) is 0 Å². The lowest BCUT2D eigenvalue weighted by Crippen LogP contribution is -2.15. The SMILES string of the molecule is CNCCc1cccc(CC2(OC)CC2)c1. The van der Waals surface area contributed by atoms with Crippen molar-refractivity contribution >= 4 is 0 Å². The van der Waals surface area contributed by atoms with Gasteiger partial charge in [-0.2, -0.15) is 0 Å². The standard InChI is InChI=1S/C14H21NO/c1-15-9-6-12-4-3-5-13(10-12)11-14(16-2)7-8-14/h3-5,10,15H,6-9,11H2,1-2H3. The molecule has 0 bridgehead atoms. The lowest BCUT2D eigenvalue weighted by atomic mass is 10.0. The lowest BCUT2D eigenvalue weighted by molar-refractivity contribution is 0.0807. The lowest BCUT2D eigenvalue weighted by Gasteiger charge is -2.13. The summed E-state index contributed by atoms with van der Waals surface area (Å²) in [5.41, 5.74) is 2.99. The second-order valence-corrected chi connectivity index (χ2v) is 4.74. The van der Waals surface area contributed by atoms with Crippen molar-refractivity contribution in [3.8, 4) is 0 Å². The van der Waals surface area contributed by atoms with Gasteiger partial charge in [0.25, 0.3) is 0 Å². The van der Waals surface area contributed by atoms with Gasteiger partial charge in [-0.3, -0.25) is 0 Å². The summed E-state index contributed by atoms with van der Waals surface area (Å²) in [6.45, 7) is 1.04. The largest absolute Gasteiger partial charge is 0.378 e. The number of likely N-dealkylation sites (N-methyl/N-ethyl adjacent to an activating group) is 1. The molecule has 0 unspecified atom stereocenters. The molecule has 1 fully saturated rings. The molecule has 1 N–H and O–H groups in total. The normalized spacial score (nSPS) is 17.4. The van der Waals surface area contributed by atoms with Gasteiger partial charge in [0.2, 0.25) is 0 Å². The molecule has 0 aromatic heterocycles. The molecule has 0 spiro atoms. The van der Waals surface area contributed by atoms with Gasteiger partial charge < -0.3 is 10.1 Å². The number of methoxy groups -OCH3 is 1. The van der Waals surface area contributed by atoms with E-state index in [2.05, 4.69) is 29.6 Å². The predicted octanol–water partition coefficient (Wildman–Crippen LogP) is 2.17. The second kappa shape index (κ2) is 4.98. The first-order valence-electron chi connectivity index (χ1n) is 6.06. The quantitative estimate of drug-likeness (QED) is 0.791. The zero-order valence-electron chi connectivity index (χ0n) is 10.3. The van der Waals surface area contributed by atoms with E-state index in [4.69, 9.17) is 4.74 Å². The van der Waals surface area contributed by atoms with Crippen molar-refractivity contribution in [2.75, 3.05) is 20.7 Å². The van der Waals surface area contributed by atoms with Gasteiger partial charge in [0.05, 0.1) is 5.60 Å². The van der Waals surface area contributed by atoms with Crippen LogP contribution in [0.4, 0.5) is 0 Å². The monoisotopic (exact) mass is 219 g/mol. The first kappa shape index (κ1) is 11.6. The Morgan fingerprint density at radius 2 is 2.06 bits per heavy atom. The number of nitrogens with one attached hydrogen (secondary N) is 1. The van der Waals surface area contributed by atoms with E-state index in [1.165, 1.54) is 24.0 Å². The van der Waals surface area contributed by atoms with Crippen molar-refractivity contribution in [1.29, 1.82) is 0 Å². The van der Waals surface area contributed by atoms with Crippen LogP contribution in [0.15, 0.2) is 24.3 Å². The number of hydrogen-bond acceptors (Lipinski definition) is 2. The summed E-state index contributed by atoms with van der Waals surface area (Å²) in [7, 11) is 3.83. The second-order valence-electron chi connectivity index (χ2n) is 4.74. The minimum atomic E-state index is 0.168. The average molecular weight is 219 g/mol. The molecule has 1 aromatic carbocycles. The third-order valence-electron chi connectivity index (χ3n) is 3.42. The smallest absolute Gasteiger partial charge is 0.0721 e. The highest BCUT2D eigenvalue weighted by Gasteiger charge is 2.42. The summed E-state index contributed by atoms with van der Waals surface area (Å²) in [4.78, 5) is 0. The first-order valence-corrected chi connectivity index (χ1v) is 6.06. The Morgan fingerprint density at radius 3 is 2.69 bits per heavy atom. The Balaban J connectivity index is 1.99. The van der Waals surface area contributed by atoms with Crippen molar-refractivity contribution < 1.29 is 4.74 Å². The average Bonchev–Trinajstić information content (AvgIpc) is 3.07. The van der Waals surface area contributed by atoms with Gasteiger partial charge >= 0.3 is 0 Å². The molecule has 2 nitrogen and oxygen atoms in total. The van der Waals surface area contributed by atoms with Crippen LogP contribution < -0.4 is 5.32 Å². The van der Waals surface area contributed by atoms with E-state index in [0.29, 0.717) is 0 Å². The molecule has 0 aliphatic heterocycles. The van der Waals surface area contributed by atoms with Gasteiger partial charge in [-0.25, -0.2) is 0 Å². The molecular weight excluding hydrogens is 198 g/mol. The highest BCUT2D eigenvalue weighted by molar-refractivity contribution is 5.26. The highest BCUT2D eigenvalue weighted by Crippen LogP contribution is 2.41. The maximum Gasteiger partial charge on any atom is 0.0721 e. The van der Waals surface area contributed by atoms with E-state index >= 15 is 0 Å². The number of ether oxygens (including phenoxy) is 1. The summed E-state index contributed by atoms with van der Waals surface area (Å²) in [5.74, 6) is 0. The van der Waals surface area contributed by atoms with Gasteiger partial charge in [0.1, 0.15) is 0 Å². The summed E-state index contributed by atoms with van der Waals surface area (Å²) in [6.07, 6.45) is 4.59. The molecule has 16 heavy (non-hydrogen) atoms. The topological polar surface area (TPSA) is 21.3 Å². The van der Waals surface area contributed by atoms with Crippen LogP contribution >= 0.6 is 0 Å². The van der Waals surface area contributed by atoms with Crippen LogP contribution in [0.1, 0.15) is 24.0 Å². The Kier molecular flexibility index (Phi) is 3.62. The van der Waals surface area contributed by atoms with Crippen LogP contribution in [0.25, 0.3) is 0 Å². The fourth-order valence-corrected chi connectivity index (χ4v) is 2.13. The fourth-order valence-electron chi connectivity index (χ4n) is 2.13. The van der Waals surface area contributed by atoms with E-state index in [1.807, 2.05) is 14.2 Å². The van der Waals surface area contributed by atoms with Crippen LogP contribution in [-0.4, -0.2) is 26.3 Å². The van der Waals surface area contributed by atoms with E-state index < -0.39 is 0 Å². The van der Waals surface area contributed by atoms with Gasteiger partial charge in [0.15, 0.2) is 0 Å². The first-order chi connectivity index (χ1) is 7.78. The summed E-state index contributed by atoms with van der Waals surface area (Å²) >= 11 is 0. The molecule has 1 aromatic rings. The van der Waals surface area contributed by atoms with E-state index in [0.717, 1.165) is 19.4 Å². The highest BCUT2D eigenvalue weighted by atomic mass is 16.5. The third-order valence-corrected chi connectivity index (χ3v) is 3.42. The molecule has 0 amide bonds. The van der Waals surface area contributed by atoms with Crippen molar-refractivity contribution in [3.63, 3.8) is 0 Å². The number of rotatable bonds is 6. The van der Waals surface area contributed by atoms with E-state index in [1.54, 1.807) is 0 Å². The Morgan fingerprint density at radius 1 is 1.31 bits per heavy atom. The van der Waals surface area contributed by atoms with Gasteiger partial charge in [-0.05, 0) is 44.0 Å². The molecule has 0 radical (unpaired) electrons. The molecule has 88 valence electrons. The minimum Gasteiger partial charge on any atom is -0.378 e. The zero-order valence-corrected chi connectivity index (χ0v) is 10.3. The summed E-state index contributed by atoms with van der Waals surface area (Å²) in [5, 5.41) is 3.18. The molecule has 2 heteroatoms. The molecule has 1 aliphatic rings. The maximum absolute atomic E-state index is 5.56. The van der Waals surface area contributed by atoms with Crippen LogP contribution in [-0.2, 0) is 17.6 Å². The fraction of sp³-hybridized carbons (Fsp3) is 0.571. The number of benzene rings is 1. The van der Waals surface area contributed by atoms with Gasteiger partial charge in [0, 0.05) is 13.5 Å². The van der Waals surface area contributed by atoms with Crippen molar-refractivity contribution in [2.24, 2.45) is 0 Å². The Bertz CT molecular complexity index is 344. The minimum absolute atomic E-state index is 0.168. The van der Waals surface area contributed by atoms with Crippen molar-refractivity contribution in [3.05, 3.63) is 35.4 Å². The third kappa shape index (κ3) is 2.83. The van der Waals surface area contributed by atoms with E-state index in [-0.39, 0.29) is 5.60 Å². The van der Waals surface area contributed by atoms with Gasteiger partial charge in [-0.1, -0.05) is 24.3 Å². The molecule has 0 heterocycles. The molecule has 0 saturated heterocycles. The number of hydrogen-bond donors (Lipinski definition) is 1. The van der Waals surface area contributed by atoms with Crippen LogP contribution in [0.3, 0.4) is 0 Å². The molecule has 2 rings (SSSR count). The molecule has 0 atom stereocenters. The zero-order chi connectivity index (χ0) is 11.4. The van der Waals surface area contributed by atoms with E-state index in [9.17, 15) is 0 Å². The predicted molar refractivity (Wildman–Crippen MR) is 66.8 cm³/mol. The summed E-state index contributed by atoms with van der Waals surface area (Å²) in [6, 6.07) is 8.89. The molecule has 1 saturated carbocycles. The van der Waals surface area contributed by atoms with Crippen LogP contribution in [0, 0.1) is 0 Å². The Labute approximate surface area is 98.0 Å². The van der Waals surface area contributed by atoms with Crippen LogP contribution in [0.2, 0.25) is 0 Å². The van der Waals surface area contributed by atoms with Crippen molar-refractivity contribution in [2.45, 2.75) is 31.3 Å². The van der Waals surface area contributed by atoms with Crippen LogP contribution in [0.5, 0.6) is 0 Å². The maximum atomic E-state index is 5.56. The Hall–Kier alpha value is -0.860.